The van der Waals surface area contributed by atoms with Crippen LogP contribution in [0.1, 0.15) is 56.9 Å². The summed E-state index contributed by atoms with van der Waals surface area (Å²) in [5.41, 5.74) is 6.85. The van der Waals surface area contributed by atoms with E-state index in [1.807, 2.05) is 18.2 Å². The fourth-order valence-electron chi connectivity index (χ4n) is 3.09. The zero-order valence-corrected chi connectivity index (χ0v) is 12.3. The maximum Gasteiger partial charge on any atom is 0.234 e. The second kappa shape index (κ2) is 7.44. The third kappa shape index (κ3) is 4.34. The van der Waals surface area contributed by atoms with Crippen LogP contribution in [0.4, 0.5) is 0 Å². The van der Waals surface area contributed by atoms with Gasteiger partial charge in [-0.1, -0.05) is 56.5 Å². The summed E-state index contributed by atoms with van der Waals surface area (Å²) in [5, 5.41) is 3.48. The number of amides is 1. The number of carbonyl (C=O) groups is 1. The highest BCUT2D eigenvalue weighted by atomic mass is 16.1. The molecule has 2 unspecified atom stereocenters. The summed E-state index contributed by atoms with van der Waals surface area (Å²) in [7, 11) is 0. The Bertz CT molecular complexity index is 412. The van der Waals surface area contributed by atoms with E-state index >= 15 is 0 Å². The van der Waals surface area contributed by atoms with E-state index in [2.05, 4.69) is 24.4 Å². The van der Waals surface area contributed by atoms with Crippen LogP contribution < -0.4 is 11.1 Å². The molecular weight excluding hydrogens is 248 g/mol. The first-order valence-electron chi connectivity index (χ1n) is 7.77. The lowest BCUT2D eigenvalue weighted by Crippen LogP contribution is -2.47. The van der Waals surface area contributed by atoms with Crippen molar-refractivity contribution in [1.82, 2.24) is 5.32 Å². The molecule has 3 heteroatoms. The van der Waals surface area contributed by atoms with Gasteiger partial charge >= 0.3 is 0 Å². The molecule has 1 saturated carbocycles. The predicted molar refractivity (Wildman–Crippen MR) is 82.5 cm³/mol. The Morgan fingerprint density at radius 1 is 1.25 bits per heavy atom. The lowest BCUT2D eigenvalue weighted by molar-refractivity contribution is -0.120. The molecule has 2 rings (SSSR count). The quantitative estimate of drug-likeness (QED) is 0.838. The second-order valence-corrected chi connectivity index (χ2v) is 6.00. The van der Waals surface area contributed by atoms with Crippen LogP contribution in [0.2, 0.25) is 0 Å². The topological polar surface area (TPSA) is 55.1 Å². The predicted octanol–water partition coefficient (Wildman–Crippen LogP) is 2.96. The minimum Gasteiger partial charge on any atom is -0.368 e. The van der Waals surface area contributed by atoms with Crippen LogP contribution in [0.3, 0.4) is 0 Å². The van der Waals surface area contributed by atoms with E-state index < -0.39 is 0 Å². The molecule has 1 aromatic carbocycles. The maximum absolute atomic E-state index is 11.7. The van der Waals surface area contributed by atoms with Crippen LogP contribution in [0.5, 0.6) is 0 Å². The van der Waals surface area contributed by atoms with Crippen molar-refractivity contribution >= 4 is 5.91 Å². The Morgan fingerprint density at radius 3 is 2.50 bits per heavy atom. The second-order valence-electron chi connectivity index (χ2n) is 6.00. The van der Waals surface area contributed by atoms with E-state index in [-0.39, 0.29) is 11.9 Å². The molecule has 0 heterocycles. The van der Waals surface area contributed by atoms with Gasteiger partial charge in [0.25, 0.3) is 0 Å². The number of carbonyl (C=O) groups excluding carboxylic acids is 1. The Balaban J connectivity index is 1.93. The summed E-state index contributed by atoms with van der Waals surface area (Å²) >= 11 is 0. The molecule has 1 amide bonds. The molecule has 0 radical (unpaired) electrons. The van der Waals surface area contributed by atoms with Crippen LogP contribution in [-0.4, -0.2) is 18.0 Å². The normalized spacial score (nSPS) is 19.4. The average molecular weight is 274 g/mol. The van der Waals surface area contributed by atoms with Gasteiger partial charge in [-0.25, -0.2) is 0 Å². The monoisotopic (exact) mass is 274 g/mol. The van der Waals surface area contributed by atoms with Gasteiger partial charge in [-0.3, -0.25) is 4.79 Å². The van der Waals surface area contributed by atoms with Crippen LogP contribution in [0.15, 0.2) is 30.3 Å². The Kier molecular flexibility index (Phi) is 5.60. The van der Waals surface area contributed by atoms with Crippen molar-refractivity contribution in [2.45, 2.75) is 63.5 Å². The standard InChI is InChI=1S/C17H26N2O/c1-13(14-8-4-2-5-9-14)12-16(17(18)20)19-15-10-6-3-7-11-15/h2,4-5,8-9,13,15-16,19H,3,6-7,10-12H2,1H3,(H2,18,20). The molecular formula is C17H26N2O. The van der Waals surface area contributed by atoms with E-state index in [9.17, 15) is 4.79 Å². The van der Waals surface area contributed by atoms with Crippen molar-refractivity contribution in [1.29, 1.82) is 0 Å². The van der Waals surface area contributed by atoms with Gasteiger partial charge in [0, 0.05) is 6.04 Å². The molecule has 0 bridgehead atoms. The SMILES string of the molecule is CC(CC(NC1CCCCC1)C(N)=O)c1ccccc1. The van der Waals surface area contributed by atoms with Gasteiger partial charge in [0.05, 0.1) is 6.04 Å². The summed E-state index contributed by atoms with van der Waals surface area (Å²) in [5.74, 6) is 0.114. The van der Waals surface area contributed by atoms with Crippen molar-refractivity contribution in [3.63, 3.8) is 0 Å². The number of nitrogens with two attached hydrogens (primary N) is 1. The molecule has 3 nitrogen and oxygen atoms in total. The van der Waals surface area contributed by atoms with Gasteiger partial charge in [0.1, 0.15) is 0 Å². The van der Waals surface area contributed by atoms with E-state index in [1.165, 1.54) is 37.7 Å². The zero-order chi connectivity index (χ0) is 14.4. The van der Waals surface area contributed by atoms with Gasteiger partial charge in [-0.15, -0.1) is 0 Å². The van der Waals surface area contributed by atoms with Gasteiger partial charge in [-0.2, -0.15) is 0 Å². The van der Waals surface area contributed by atoms with Crippen molar-refractivity contribution < 1.29 is 4.79 Å². The van der Waals surface area contributed by atoms with Crippen LogP contribution in [0, 0.1) is 0 Å². The molecule has 20 heavy (non-hydrogen) atoms. The van der Waals surface area contributed by atoms with E-state index in [0.29, 0.717) is 12.0 Å². The van der Waals surface area contributed by atoms with Gasteiger partial charge in [0.2, 0.25) is 5.91 Å². The molecule has 1 aliphatic carbocycles. The Hall–Kier alpha value is -1.35. The molecule has 3 N–H and O–H groups in total. The van der Waals surface area contributed by atoms with Gasteiger partial charge in [0.15, 0.2) is 0 Å². The summed E-state index contributed by atoms with van der Waals surface area (Å²) in [4.78, 5) is 11.7. The smallest absolute Gasteiger partial charge is 0.234 e. The molecule has 1 fully saturated rings. The van der Waals surface area contributed by atoms with Crippen molar-refractivity contribution in [2.24, 2.45) is 5.73 Å². The van der Waals surface area contributed by atoms with Crippen LogP contribution in [-0.2, 0) is 4.79 Å². The number of rotatable bonds is 6. The Labute approximate surface area is 121 Å². The molecule has 1 aliphatic rings. The number of benzene rings is 1. The summed E-state index contributed by atoms with van der Waals surface area (Å²) in [6.07, 6.45) is 6.96. The first-order valence-corrected chi connectivity index (χ1v) is 7.77. The number of hydrogen-bond donors (Lipinski definition) is 2. The van der Waals surface area contributed by atoms with E-state index in [1.54, 1.807) is 0 Å². The third-order valence-corrected chi connectivity index (χ3v) is 4.34. The minimum atomic E-state index is -0.224. The highest BCUT2D eigenvalue weighted by molar-refractivity contribution is 5.80. The molecule has 110 valence electrons. The average Bonchev–Trinajstić information content (AvgIpc) is 2.48. The van der Waals surface area contributed by atoms with Crippen molar-refractivity contribution in [2.75, 3.05) is 0 Å². The fourth-order valence-corrected chi connectivity index (χ4v) is 3.09. The number of primary amides is 1. The van der Waals surface area contributed by atoms with Crippen LogP contribution in [0.25, 0.3) is 0 Å². The zero-order valence-electron chi connectivity index (χ0n) is 12.3. The number of hydrogen-bond acceptors (Lipinski definition) is 2. The molecule has 0 aromatic heterocycles. The van der Waals surface area contributed by atoms with Crippen LogP contribution >= 0.6 is 0 Å². The fraction of sp³-hybridized carbons (Fsp3) is 0.588. The third-order valence-electron chi connectivity index (χ3n) is 4.34. The summed E-state index contributed by atoms with van der Waals surface area (Å²) < 4.78 is 0. The Morgan fingerprint density at radius 2 is 1.90 bits per heavy atom. The first kappa shape index (κ1) is 15.0. The first-order chi connectivity index (χ1) is 9.66. The van der Waals surface area contributed by atoms with Crippen molar-refractivity contribution in [3.8, 4) is 0 Å². The maximum atomic E-state index is 11.7. The molecule has 0 saturated heterocycles. The van der Waals surface area contributed by atoms with E-state index in [0.717, 1.165) is 6.42 Å². The summed E-state index contributed by atoms with van der Waals surface area (Å²) in [6, 6.07) is 10.6. The highest BCUT2D eigenvalue weighted by Gasteiger charge is 2.23. The molecule has 0 aliphatic heterocycles. The van der Waals surface area contributed by atoms with Gasteiger partial charge < -0.3 is 11.1 Å². The molecule has 1 aromatic rings. The molecule has 0 spiro atoms. The van der Waals surface area contributed by atoms with E-state index in [4.69, 9.17) is 5.73 Å². The summed E-state index contributed by atoms with van der Waals surface area (Å²) in [6.45, 7) is 2.16. The minimum absolute atomic E-state index is 0.215. The lowest BCUT2D eigenvalue weighted by atomic mass is 9.91. The van der Waals surface area contributed by atoms with Crippen molar-refractivity contribution in [3.05, 3.63) is 35.9 Å². The number of nitrogens with one attached hydrogen (secondary N) is 1. The van der Waals surface area contributed by atoms with Gasteiger partial charge in [-0.05, 0) is 30.7 Å². The largest absolute Gasteiger partial charge is 0.368 e. The molecule has 2 atom stereocenters. The highest BCUT2D eigenvalue weighted by Crippen LogP contribution is 2.22. The lowest BCUT2D eigenvalue weighted by Gasteiger charge is -2.28.